The minimum atomic E-state index is -0.824. The number of carbonyl (C=O) groups excluding carboxylic acids is 3. The normalized spacial score (nSPS) is 13.0. The zero-order valence-corrected chi connectivity index (χ0v) is 42.0. The Morgan fingerprint density at radius 1 is 0.308 bits per heavy atom. The number of ether oxygens (including phenoxy) is 3. The molecule has 0 N–H and O–H groups in total. The fourth-order valence-electron chi connectivity index (χ4n) is 6.69. The van der Waals surface area contributed by atoms with Crippen LogP contribution in [0.3, 0.4) is 0 Å². The molecule has 0 radical (unpaired) electrons. The van der Waals surface area contributed by atoms with Gasteiger partial charge >= 0.3 is 17.9 Å². The maximum atomic E-state index is 12.8. The van der Waals surface area contributed by atoms with Crippen LogP contribution in [-0.4, -0.2) is 37.2 Å². The van der Waals surface area contributed by atoms with E-state index in [1.165, 1.54) is 77.0 Å². The molecule has 0 aromatic heterocycles. The molecule has 0 spiro atoms. The van der Waals surface area contributed by atoms with Crippen molar-refractivity contribution < 1.29 is 28.6 Å². The molecule has 0 aromatic carbocycles. The molecule has 0 rings (SSSR count). The molecule has 0 saturated heterocycles. The zero-order valence-electron chi connectivity index (χ0n) is 42.0. The summed E-state index contributed by atoms with van der Waals surface area (Å²) in [5.41, 5.74) is 0. The van der Waals surface area contributed by atoms with Crippen molar-refractivity contribution >= 4 is 17.9 Å². The first kappa shape index (κ1) is 61.1. The molecular weight excluding hydrogens is 805 g/mol. The summed E-state index contributed by atoms with van der Waals surface area (Å²) in [5.74, 6) is -1.02. The Bertz CT molecular complexity index is 1360. The highest BCUT2D eigenvalue weighted by molar-refractivity contribution is 5.71. The molecule has 0 bridgehead atoms. The Kier molecular flexibility index (Phi) is 49.5. The van der Waals surface area contributed by atoms with Crippen molar-refractivity contribution in [1.82, 2.24) is 0 Å². The number of allylic oxidation sites excluding steroid dienone is 18. The van der Waals surface area contributed by atoms with Crippen LogP contribution in [0.4, 0.5) is 0 Å². The predicted octanol–water partition coefficient (Wildman–Crippen LogP) is 17.5. The monoisotopic (exact) mass is 901 g/mol. The van der Waals surface area contributed by atoms with Gasteiger partial charge in [0.2, 0.25) is 0 Å². The second-order valence-corrected chi connectivity index (χ2v) is 17.1. The SMILES string of the molecule is CCCC/C=C\CCCCCCCC(=O)OC[C@@H](COC(=O)CCCCC/C=C\C/C=C\C/C=C\C/C=C\CCCCC)OC(=O)CCC/C=C\C/C=C\C/C=C\C/C=C\CCCCC. The van der Waals surface area contributed by atoms with E-state index in [4.69, 9.17) is 14.2 Å². The summed E-state index contributed by atoms with van der Waals surface area (Å²) < 4.78 is 16.7. The Morgan fingerprint density at radius 3 is 0.985 bits per heavy atom. The lowest BCUT2D eigenvalue weighted by atomic mass is 10.1. The van der Waals surface area contributed by atoms with Crippen LogP contribution in [0.15, 0.2) is 109 Å². The van der Waals surface area contributed by atoms with Gasteiger partial charge in [-0.15, -0.1) is 0 Å². The molecule has 65 heavy (non-hydrogen) atoms. The van der Waals surface area contributed by atoms with Gasteiger partial charge in [0.25, 0.3) is 0 Å². The van der Waals surface area contributed by atoms with Crippen molar-refractivity contribution in [3.05, 3.63) is 109 Å². The number of hydrogen-bond acceptors (Lipinski definition) is 6. The van der Waals surface area contributed by atoms with E-state index < -0.39 is 6.10 Å². The summed E-state index contributed by atoms with van der Waals surface area (Å²) in [5, 5.41) is 0. The van der Waals surface area contributed by atoms with Gasteiger partial charge in [-0.3, -0.25) is 14.4 Å². The first-order chi connectivity index (χ1) is 32.0. The average molecular weight is 901 g/mol. The number of carbonyl (C=O) groups is 3. The smallest absolute Gasteiger partial charge is 0.306 e. The third-order valence-corrected chi connectivity index (χ3v) is 10.7. The van der Waals surface area contributed by atoms with E-state index in [1.54, 1.807) is 0 Å². The van der Waals surface area contributed by atoms with Gasteiger partial charge in [0, 0.05) is 19.3 Å². The lowest BCUT2D eigenvalue weighted by Gasteiger charge is -2.18. The summed E-state index contributed by atoms with van der Waals surface area (Å²) in [4.78, 5) is 38.0. The van der Waals surface area contributed by atoms with Gasteiger partial charge in [-0.1, -0.05) is 194 Å². The molecule has 6 nitrogen and oxygen atoms in total. The quantitative estimate of drug-likeness (QED) is 0.0262. The van der Waals surface area contributed by atoms with Gasteiger partial charge in [-0.05, 0) is 122 Å². The van der Waals surface area contributed by atoms with Crippen LogP contribution >= 0.6 is 0 Å². The molecule has 0 heterocycles. The number of hydrogen-bond donors (Lipinski definition) is 0. The van der Waals surface area contributed by atoms with Crippen LogP contribution in [0.2, 0.25) is 0 Å². The van der Waals surface area contributed by atoms with Crippen LogP contribution in [0.1, 0.15) is 226 Å². The third kappa shape index (κ3) is 50.9. The lowest BCUT2D eigenvalue weighted by molar-refractivity contribution is -0.167. The molecule has 0 fully saturated rings. The molecule has 0 aliphatic rings. The summed E-state index contributed by atoms with van der Waals surface area (Å²) >= 11 is 0. The van der Waals surface area contributed by atoms with Crippen molar-refractivity contribution in [3.8, 4) is 0 Å². The van der Waals surface area contributed by atoms with Crippen LogP contribution in [0.25, 0.3) is 0 Å². The van der Waals surface area contributed by atoms with Crippen molar-refractivity contribution in [3.63, 3.8) is 0 Å². The molecule has 6 heteroatoms. The Labute approximate surface area is 400 Å². The van der Waals surface area contributed by atoms with E-state index >= 15 is 0 Å². The molecule has 0 amide bonds. The van der Waals surface area contributed by atoms with Gasteiger partial charge in [0.15, 0.2) is 6.10 Å². The van der Waals surface area contributed by atoms with Crippen LogP contribution < -0.4 is 0 Å². The molecule has 0 aromatic rings. The first-order valence-electron chi connectivity index (χ1n) is 26.4. The van der Waals surface area contributed by atoms with Gasteiger partial charge in [0.1, 0.15) is 13.2 Å². The highest BCUT2D eigenvalue weighted by Gasteiger charge is 2.19. The van der Waals surface area contributed by atoms with E-state index in [0.717, 1.165) is 103 Å². The predicted molar refractivity (Wildman–Crippen MR) is 279 cm³/mol. The Morgan fingerprint density at radius 2 is 0.585 bits per heavy atom. The third-order valence-electron chi connectivity index (χ3n) is 10.7. The lowest BCUT2D eigenvalue weighted by Crippen LogP contribution is -2.30. The minimum Gasteiger partial charge on any atom is -0.462 e. The summed E-state index contributed by atoms with van der Waals surface area (Å²) in [7, 11) is 0. The largest absolute Gasteiger partial charge is 0.462 e. The molecule has 0 aliphatic carbocycles. The van der Waals surface area contributed by atoms with Crippen LogP contribution in [-0.2, 0) is 28.6 Å². The van der Waals surface area contributed by atoms with E-state index in [2.05, 4.69) is 130 Å². The topological polar surface area (TPSA) is 78.9 Å². The maximum Gasteiger partial charge on any atom is 0.306 e. The summed E-state index contributed by atoms with van der Waals surface area (Å²) in [6, 6.07) is 0. The van der Waals surface area contributed by atoms with E-state index in [1.807, 2.05) is 0 Å². The molecule has 0 unspecified atom stereocenters. The van der Waals surface area contributed by atoms with Crippen molar-refractivity contribution in [2.24, 2.45) is 0 Å². The highest BCUT2D eigenvalue weighted by Crippen LogP contribution is 2.12. The highest BCUT2D eigenvalue weighted by atomic mass is 16.6. The van der Waals surface area contributed by atoms with Crippen LogP contribution in [0, 0.1) is 0 Å². The Balaban J connectivity index is 4.54. The first-order valence-corrected chi connectivity index (χ1v) is 26.4. The standard InChI is InChI=1S/C59H96O6/c1-4-7-10-13-16-19-22-24-26-28-29-31-32-34-37-40-43-46-49-52-58(61)64-55-56(54-63-57(60)51-48-45-42-39-36-21-18-15-12-9-6-3)65-59(62)53-50-47-44-41-38-35-33-30-27-25-23-20-17-14-11-8-5-2/h15-20,24-27,29,31,33-35,37,41,44,56H,4-14,21-23,28,30,32,36,38-40,42-43,45-55H2,1-3H3/b18-15-,19-16-,20-17-,26-24-,27-25-,31-29-,35-33-,37-34-,44-41-/t56-/m0/s1. The molecule has 1 atom stereocenters. The minimum absolute atomic E-state index is 0.117. The number of rotatable bonds is 46. The van der Waals surface area contributed by atoms with Crippen molar-refractivity contribution in [1.29, 1.82) is 0 Å². The van der Waals surface area contributed by atoms with Crippen molar-refractivity contribution in [2.45, 2.75) is 232 Å². The number of unbranched alkanes of at least 4 members (excludes halogenated alkanes) is 17. The molecule has 0 aliphatic heterocycles. The van der Waals surface area contributed by atoms with E-state index in [-0.39, 0.29) is 37.5 Å². The Hall–Kier alpha value is -3.93. The summed E-state index contributed by atoms with van der Waals surface area (Å²) in [6.07, 6.45) is 70.7. The van der Waals surface area contributed by atoms with Gasteiger partial charge in [-0.25, -0.2) is 0 Å². The van der Waals surface area contributed by atoms with E-state index in [0.29, 0.717) is 19.3 Å². The second kappa shape index (κ2) is 52.7. The molecular formula is C59H96O6. The number of esters is 3. The maximum absolute atomic E-state index is 12.8. The fourth-order valence-corrected chi connectivity index (χ4v) is 6.69. The molecule has 368 valence electrons. The van der Waals surface area contributed by atoms with Crippen molar-refractivity contribution in [2.75, 3.05) is 13.2 Å². The van der Waals surface area contributed by atoms with Gasteiger partial charge in [0.05, 0.1) is 0 Å². The second-order valence-electron chi connectivity index (χ2n) is 17.1. The summed E-state index contributed by atoms with van der Waals surface area (Å²) in [6.45, 7) is 6.45. The van der Waals surface area contributed by atoms with Gasteiger partial charge in [-0.2, -0.15) is 0 Å². The van der Waals surface area contributed by atoms with Gasteiger partial charge < -0.3 is 14.2 Å². The fraction of sp³-hybridized carbons (Fsp3) is 0.644. The van der Waals surface area contributed by atoms with E-state index in [9.17, 15) is 14.4 Å². The van der Waals surface area contributed by atoms with Crippen LogP contribution in [0.5, 0.6) is 0 Å². The average Bonchev–Trinajstić information content (AvgIpc) is 3.30. The zero-order chi connectivity index (χ0) is 47.2. The molecule has 0 saturated carbocycles.